The average Bonchev–Trinajstić information content (AvgIpc) is 2.28. The van der Waals surface area contributed by atoms with Crippen molar-refractivity contribution < 1.29 is 9.84 Å². The van der Waals surface area contributed by atoms with E-state index < -0.39 is 5.54 Å². The Hall–Kier alpha value is -1.06. The summed E-state index contributed by atoms with van der Waals surface area (Å²) in [4.78, 5) is 0. The van der Waals surface area contributed by atoms with Gasteiger partial charge >= 0.3 is 0 Å². The molecule has 0 bridgehead atoms. The van der Waals surface area contributed by atoms with Gasteiger partial charge in [0.2, 0.25) is 0 Å². The maximum absolute atomic E-state index is 9.25. The average molecular weight is 237 g/mol. The Kier molecular flexibility index (Phi) is 4.17. The van der Waals surface area contributed by atoms with Crippen molar-refractivity contribution in [2.24, 2.45) is 5.73 Å². The van der Waals surface area contributed by atoms with Crippen LogP contribution < -0.4 is 10.5 Å². The number of aliphatic hydroxyl groups is 1. The van der Waals surface area contributed by atoms with Crippen molar-refractivity contribution in [1.82, 2.24) is 0 Å². The Balaban J connectivity index is 3.13. The number of nitrogens with two attached hydrogens (primary N) is 1. The predicted molar refractivity (Wildman–Crippen MR) is 70.3 cm³/mol. The van der Waals surface area contributed by atoms with Gasteiger partial charge in [0.05, 0.1) is 7.11 Å². The Morgan fingerprint density at radius 3 is 2.06 bits per heavy atom. The third-order valence-electron chi connectivity index (χ3n) is 3.76. The Morgan fingerprint density at radius 2 is 1.71 bits per heavy atom. The maximum Gasteiger partial charge on any atom is 0.118 e. The van der Waals surface area contributed by atoms with Gasteiger partial charge in [-0.3, -0.25) is 0 Å². The summed E-state index contributed by atoms with van der Waals surface area (Å²) in [6, 6.07) is 7.89. The zero-order valence-electron chi connectivity index (χ0n) is 11.2. The van der Waals surface area contributed by atoms with Gasteiger partial charge in [0.1, 0.15) is 5.75 Å². The van der Waals surface area contributed by atoms with Crippen LogP contribution in [-0.2, 0) is 5.41 Å². The second-order valence-electron chi connectivity index (χ2n) is 5.26. The van der Waals surface area contributed by atoms with Gasteiger partial charge < -0.3 is 15.6 Å². The monoisotopic (exact) mass is 237 g/mol. The number of methoxy groups -OCH3 is 1. The normalized spacial score (nSPS) is 15.4. The van der Waals surface area contributed by atoms with E-state index in [-0.39, 0.29) is 12.0 Å². The highest BCUT2D eigenvalue weighted by Crippen LogP contribution is 2.37. The first kappa shape index (κ1) is 14.0. The fourth-order valence-electron chi connectivity index (χ4n) is 2.02. The molecule has 0 fully saturated rings. The molecular weight excluding hydrogens is 214 g/mol. The van der Waals surface area contributed by atoms with E-state index in [0.717, 1.165) is 11.3 Å². The lowest BCUT2D eigenvalue weighted by Crippen LogP contribution is -2.52. The second kappa shape index (κ2) is 5.07. The van der Waals surface area contributed by atoms with Crippen molar-refractivity contribution in [3.63, 3.8) is 0 Å². The van der Waals surface area contributed by atoms with Crippen molar-refractivity contribution in [2.45, 2.75) is 38.1 Å². The van der Waals surface area contributed by atoms with E-state index in [9.17, 15) is 5.11 Å². The summed E-state index contributed by atoms with van der Waals surface area (Å²) in [6.07, 6.45) is 0.642. The molecule has 17 heavy (non-hydrogen) atoms. The van der Waals surface area contributed by atoms with E-state index in [1.54, 1.807) is 7.11 Å². The van der Waals surface area contributed by atoms with Crippen LogP contribution in [0, 0.1) is 0 Å². The summed E-state index contributed by atoms with van der Waals surface area (Å²) in [5, 5.41) is 9.25. The van der Waals surface area contributed by atoms with Gasteiger partial charge in [-0.15, -0.1) is 0 Å². The Morgan fingerprint density at radius 1 is 1.18 bits per heavy atom. The third-order valence-corrected chi connectivity index (χ3v) is 3.76. The Bertz CT molecular complexity index is 353. The number of benzene rings is 1. The standard InChI is InChI=1S/C14H23NO2/c1-13(2,15)14(3,9-10-16)11-5-7-12(17-4)8-6-11/h5-8,16H,9-10,15H2,1-4H3. The lowest BCUT2D eigenvalue weighted by molar-refractivity contribution is 0.190. The van der Waals surface area contributed by atoms with Crippen LogP contribution in [0.2, 0.25) is 0 Å². The number of aliphatic hydroxyl groups excluding tert-OH is 1. The molecule has 0 amide bonds. The molecule has 1 rings (SSSR count). The van der Waals surface area contributed by atoms with E-state index in [4.69, 9.17) is 10.5 Å². The van der Waals surface area contributed by atoms with Gasteiger partial charge in [-0.1, -0.05) is 19.1 Å². The molecule has 1 aromatic rings. The minimum absolute atomic E-state index is 0.128. The van der Waals surface area contributed by atoms with Gasteiger partial charge in [0, 0.05) is 17.6 Å². The fourth-order valence-corrected chi connectivity index (χ4v) is 2.02. The quantitative estimate of drug-likeness (QED) is 0.824. The first-order chi connectivity index (χ1) is 7.85. The lowest BCUT2D eigenvalue weighted by atomic mass is 9.67. The zero-order chi connectivity index (χ0) is 13.1. The topological polar surface area (TPSA) is 55.5 Å². The molecule has 0 radical (unpaired) electrons. The highest BCUT2D eigenvalue weighted by Gasteiger charge is 2.39. The minimum atomic E-state index is -0.398. The largest absolute Gasteiger partial charge is 0.497 e. The highest BCUT2D eigenvalue weighted by molar-refractivity contribution is 5.34. The summed E-state index contributed by atoms with van der Waals surface area (Å²) in [7, 11) is 1.65. The Labute approximate surface area is 104 Å². The number of hydrogen-bond donors (Lipinski definition) is 2. The van der Waals surface area contributed by atoms with Crippen LogP contribution in [-0.4, -0.2) is 24.4 Å². The molecule has 1 unspecified atom stereocenters. The maximum atomic E-state index is 9.25. The zero-order valence-corrected chi connectivity index (χ0v) is 11.2. The van der Waals surface area contributed by atoms with Gasteiger partial charge in [0.15, 0.2) is 0 Å². The van der Waals surface area contributed by atoms with Gasteiger partial charge in [0.25, 0.3) is 0 Å². The summed E-state index contributed by atoms with van der Waals surface area (Å²) in [6.45, 7) is 6.20. The molecule has 3 heteroatoms. The molecule has 3 N–H and O–H groups in total. The van der Waals surface area contributed by atoms with Crippen molar-refractivity contribution in [3.8, 4) is 5.75 Å². The summed E-state index contributed by atoms with van der Waals surface area (Å²) >= 11 is 0. The van der Waals surface area contributed by atoms with Crippen molar-refractivity contribution >= 4 is 0 Å². The molecule has 0 aliphatic carbocycles. The van der Waals surface area contributed by atoms with E-state index in [0.29, 0.717) is 6.42 Å². The molecule has 96 valence electrons. The lowest BCUT2D eigenvalue weighted by Gasteiger charge is -2.42. The SMILES string of the molecule is COc1ccc(C(C)(CCO)C(C)(C)N)cc1. The van der Waals surface area contributed by atoms with Gasteiger partial charge in [-0.25, -0.2) is 0 Å². The minimum Gasteiger partial charge on any atom is -0.497 e. The molecule has 0 spiro atoms. The number of rotatable bonds is 5. The second-order valence-corrected chi connectivity index (χ2v) is 5.26. The van der Waals surface area contributed by atoms with Crippen LogP contribution in [0.15, 0.2) is 24.3 Å². The predicted octanol–water partition coefficient (Wildman–Crippen LogP) is 2.07. The van der Waals surface area contributed by atoms with E-state index in [1.807, 2.05) is 38.1 Å². The smallest absolute Gasteiger partial charge is 0.118 e. The molecule has 0 aromatic heterocycles. The molecule has 3 nitrogen and oxygen atoms in total. The van der Waals surface area contributed by atoms with Crippen LogP contribution in [0.5, 0.6) is 5.75 Å². The molecule has 1 atom stereocenters. The number of ether oxygens (including phenoxy) is 1. The molecule has 0 aliphatic rings. The van der Waals surface area contributed by atoms with E-state index in [1.165, 1.54) is 0 Å². The van der Waals surface area contributed by atoms with Gasteiger partial charge in [-0.05, 0) is 38.0 Å². The molecule has 0 aliphatic heterocycles. The van der Waals surface area contributed by atoms with Crippen LogP contribution in [0.3, 0.4) is 0 Å². The van der Waals surface area contributed by atoms with Crippen LogP contribution >= 0.6 is 0 Å². The molecule has 0 saturated carbocycles. The van der Waals surface area contributed by atoms with Gasteiger partial charge in [-0.2, -0.15) is 0 Å². The third kappa shape index (κ3) is 2.79. The van der Waals surface area contributed by atoms with E-state index >= 15 is 0 Å². The van der Waals surface area contributed by atoms with Crippen molar-refractivity contribution in [1.29, 1.82) is 0 Å². The molecule has 0 saturated heterocycles. The highest BCUT2D eigenvalue weighted by atomic mass is 16.5. The summed E-state index contributed by atoms with van der Waals surface area (Å²) in [5.74, 6) is 0.829. The van der Waals surface area contributed by atoms with Crippen LogP contribution in [0.4, 0.5) is 0 Å². The van der Waals surface area contributed by atoms with Crippen LogP contribution in [0.1, 0.15) is 32.8 Å². The fraction of sp³-hybridized carbons (Fsp3) is 0.571. The van der Waals surface area contributed by atoms with E-state index in [2.05, 4.69) is 6.92 Å². The molecule has 0 heterocycles. The first-order valence-electron chi connectivity index (χ1n) is 5.89. The van der Waals surface area contributed by atoms with Crippen molar-refractivity contribution in [3.05, 3.63) is 29.8 Å². The summed E-state index contributed by atoms with van der Waals surface area (Å²) < 4.78 is 5.15. The first-order valence-corrected chi connectivity index (χ1v) is 5.89. The molecule has 1 aromatic carbocycles. The number of hydrogen-bond acceptors (Lipinski definition) is 3. The van der Waals surface area contributed by atoms with Crippen molar-refractivity contribution in [2.75, 3.05) is 13.7 Å². The van der Waals surface area contributed by atoms with Crippen LogP contribution in [0.25, 0.3) is 0 Å². The molecular formula is C14H23NO2. The summed E-state index contributed by atoms with van der Waals surface area (Å²) in [5.41, 5.74) is 6.73.